The van der Waals surface area contributed by atoms with E-state index in [4.69, 9.17) is 0 Å². The minimum absolute atomic E-state index is 0.00926. The summed E-state index contributed by atoms with van der Waals surface area (Å²) >= 11 is 0. The quantitative estimate of drug-likeness (QED) is 0.101. The van der Waals surface area contributed by atoms with E-state index in [1.807, 2.05) is 6.92 Å². The Labute approximate surface area is 253 Å². The van der Waals surface area contributed by atoms with Crippen LogP contribution in [0.15, 0.2) is 18.2 Å². The molecule has 2 rings (SSSR count). The summed E-state index contributed by atoms with van der Waals surface area (Å²) in [5, 5.41) is 14.0. The molecule has 4 atom stereocenters. The van der Waals surface area contributed by atoms with Crippen LogP contribution in [0.2, 0.25) is 0 Å². The monoisotopic (exact) mass is 631 g/mol. The molecule has 1 aliphatic heterocycles. The molecule has 1 aliphatic rings. The molecule has 1 fully saturated rings. The number of likely N-dealkylation sites (N-methyl/N-ethyl adjacent to an activating group) is 1. The predicted octanol–water partition coefficient (Wildman–Crippen LogP) is 2.76. The van der Waals surface area contributed by atoms with Crippen LogP contribution in [0.25, 0.3) is 0 Å². The van der Waals surface area contributed by atoms with Crippen LogP contribution in [-0.4, -0.2) is 88.7 Å². The summed E-state index contributed by atoms with van der Waals surface area (Å²) in [6.07, 6.45) is 1.23. The molecule has 246 valence electrons. The van der Waals surface area contributed by atoms with E-state index >= 15 is 0 Å². The predicted molar refractivity (Wildman–Crippen MR) is 150 cm³/mol. The van der Waals surface area contributed by atoms with Gasteiger partial charge in [-0.25, -0.2) is 23.0 Å². The second-order valence-electron chi connectivity index (χ2n) is 11.1. The number of unbranched alkanes of at least 4 members (excludes halogenated alkanes) is 2. The Hall–Kier alpha value is -3.75. The van der Waals surface area contributed by atoms with Crippen LogP contribution >= 0.6 is 0 Å². The van der Waals surface area contributed by atoms with Gasteiger partial charge in [-0.05, 0) is 30.9 Å². The summed E-state index contributed by atoms with van der Waals surface area (Å²) in [5.41, 5.74) is 1.09. The molecule has 1 heterocycles. The van der Waals surface area contributed by atoms with Crippen LogP contribution in [0.1, 0.15) is 76.1 Å². The number of nitrogens with zero attached hydrogens (tertiary/aromatic N) is 2. The number of hydroxylamine groups is 1. The second-order valence-corrected chi connectivity index (χ2v) is 11.1. The standard InChI is InChI=1S/C29H41F4N5O6/c1-5-7-8-9-23(39)38-16-29(32,33)15-22(38)28(43)37(4)24(17(3)6-2)27(42)35-21(26(41)36-44)10-11-34-25(40)18-12-19(30)14-20(31)13-18/h12-14,17,21-22,24,44H,5-11,15-16H2,1-4H3,(H,34,40)(H,35,42)(H,36,41)/t17-,21-,22?,24-/m0/s1. The van der Waals surface area contributed by atoms with Crippen molar-refractivity contribution in [2.45, 2.75) is 89.8 Å². The number of hydrogen-bond acceptors (Lipinski definition) is 6. The van der Waals surface area contributed by atoms with Gasteiger partial charge >= 0.3 is 0 Å². The van der Waals surface area contributed by atoms with Crippen molar-refractivity contribution in [3.8, 4) is 0 Å². The highest BCUT2D eigenvalue weighted by atomic mass is 19.3. The number of carbonyl (C=O) groups is 5. The van der Waals surface area contributed by atoms with Crippen molar-refractivity contribution in [2.75, 3.05) is 20.1 Å². The fourth-order valence-corrected chi connectivity index (χ4v) is 5.10. The summed E-state index contributed by atoms with van der Waals surface area (Å²) in [6.45, 7) is 4.12. The average molecular weight is 632 g/mol. The van der Waals surface area contributed by atoms with Crippen molar-refractivity contribution in [2.24, 2.45) is 5.92 Å². The molecule has 0 bridgehead atoms. The van der Waals surface area contributed by atoms with E-state index in [0.29, 0.717) is 18.9 Å². The second kappa shape index (κ2) is 16.4. The molecule has 1 aromatic rings. The van der Waals surface area contributed by atoms with E-state index in [0.717, 1.165) is 34.8 Å². The van der Waals surface area contributed by atoms with Crippen molar-refractivity contribution in [3.05, 3.63) is 35.4 Å². The lowest BCUT2D eigenvalue weighted by Crippen LogP contribution is -2.58. The lowest BCUT2D eigenvalue weighted by atomic mass is 9.95. The number of rotatable bonds is 15. The maximum Gasteiger partial charge on any atom is 0.267 e. The molecule has 15 heteroatoms. The molecule has 0 aromatic heterocycles. The van der Waals surface area contributed by atoms with Gasteiger partial charge in [-0.1, -0.05) is 40.0 Å². The highest BCUT2D eigenvalue weighted by Crippen LogP contribution is 2.34. The maximum atomic E-state index is 14.4. The zero-order chi connectivity index (χ0) is 33.2. The molecule has 11 nitrogen and oxygen atoms in total. The van der Waals surface area contributed by atoms with Crippen LogP contribution in [-0.2, 0) is 19.2 Å². The summed E-state index contributed by atoms with van der Waals surface area (Å²) in [7, 11) is 1.26. The smallest absolute Gasteiger partial charge is 0.267 e. The van der Waals surface area contributed by atoms with Gasteiger partial charge in [0.05, 0.1) is 6.54 Å². The number of carbonyl (C=O) groups excluding carboxylic acids is 5. The van der Waals surface area contributed by atoms with E-state index in [2.05, 4.69) is 10.6 Å². The van der Waals surface area contributed by atoms with Crippen LogP contribution in [0.5, 0.6) is 0 Å². The van der Waals surface area contributed by atoms with Gasteiger partial charge in [0.25, 0.3) is 17.7 Å². The highest BCUT2D eigenvalue weighted by Gasteiger charge is 2.51. The zero-order valence-corrected chi connectivity index (χ0v) is 25.3. The lowest BCUT2D eigenvalue weighted by Gasteiger charge is -2.35. The number of halogens is 4. The first-order valence-corrected chi connectivity index (χ1v) is 14.6. The summed E-state index contributed by atoms with van der Waals surface area (Å²) in [4.78, 5) is 66.3. The molecule has 0 spiro atoms. The van der Waals surface area contributed by atoms with Crippen molar-refractivity contribution in [1.29, 1.82) is 0 Å². The molecule has 5 amide bonds. The minimum atomic E-state index is -3.29. The van der Waals surface area contributed by atoms with Gasteiger partial charge in [0, 0.05) is 38.1 Å². The molecule has 1 saturated heterocycles. The number of nitrogens with one attached hydrogen (secondary N) is 3. The van der Waals surface area contributed by atoms with Crippen LogP contribution in [0.3, 0.4) is 0 Å². The Morgan fingerprint density at radius 2 is 1.70 bits per heavy atom. The zero-order valence-electron chi connectivity index (χ0n) is 25.3. The van der Waals surface area contributed by atoms with Gasteiger partial charge in [-0.3, -0.25) is 29.2 Å². The first kappa shape index (κ1) is 36.4. The Bertz CT molecular complexity index is 1180. The van der Waals surface area contributed by atoms with E-state index in [9.17, 15) is 46.7 Å². The number of hydrogen-bond donors (Lipinski definition) is 4. The Morgan fingerprint density at radius 1 is 1.07 bits per heavy atom. The Morgan fingerprint density at radius 3 is 2.27 bits per heavy atom. The van der Waals surface area contributed by atoms with Crippen molar-refractivity contribution >= 4 is 29.5 Å². The van der Waals surface area contributed by atoms with Gasteiger partial charge in [0.15, 0.2) is 0 Å². The molecular weight excluding hydrogens is 590 g/mol. The molecular formula is C29H41F4N5O6. The molecule has 0 aliphatic carbocycles. The summed E-state index contributed by atoms with van der Waals surface area (Å²) in [6, 6.07) is -1.96. The van der Waals surface area contributed by atoms with Gasteiger partial charge in [0.2, 0.25) is 17.7 Å². The number of benzene rings is 1. The van der Waals surface area contributed by atoms with Gasteiger partial charge < -0.3 is 20.4 Å². The first-order chi connectivity index (χ1) is 20.6. The molecule has 44 heavy (non-hydrogen) atoms. The fraction of sp³-hybridized carbons (Fsp3) is 0.621. The van der Waals surface area contributed by atoms with E-state index in [-0.39, 0.29) is 24.9 Å². The SMILES string of the molecule is CCCCCC(=O)N1CC(F)(F)CC1C(=O)N(C)[C@H](C(=O)N[C@@H](CCNC(=O)c1cc(F)cc(F)c1)C(=O)NO)[C@@H](C)CC. The average Bonchev–Trinajstić information content (AvgIpc) is 3.30. The van der Waals surface area contributed by atoms with E-state index in [1.54, 1.807) is 13.8 Å². The highest BCUT2D eigenvalue weighted by molar-refractivity contribution is 5.95. The summed E-state index contributed by atoms with van der Waals surface area (Å²) < 4.78 is 55.8. The molecule has 4 N–H and O–H groups in total. The Balaban J connectivity index is 2.18. The molecule has 0 saturated carbocycles. The number of amides is 5. The largest absolute Gasteiger partial charge is 0.352 e. The van der Waals surface area contributed by atoms with Crippen LogP contribution < -0.4 is 16.1 Å². The van der Waals surface area contributed by atoms with Crippen LogP contribution in [0, 0.1) is 17.6 Å². The Kier molecular flexibility index (Phi) is 13.5. The topological polar surface area (TPSA) is 148 Å². The maximum absolute atomic E-state index is 14.4. The summed E-state index contributed by atoms with van der Waals surface area (Å²) in [5.74, 6) is -9.95. The van der Waals surface area contributed by atoms with Gasteiger partial charge in [0.1, 0.15) is 29.8 Å². The van der Waals surface area contributed by atoms with Crippen molar-refractivity contribution < 1.29 is 46.7 Å². The van der Waals surface area contributed by atoms with E-state index < -0.39 is 84.1 Å². The molecule has 1 aromatic carbocycles. The third-order valence-electron chi connectivity index (χ3n) is 7.67. The van der Waals surface area contributed by atoms with Crippen LogP contribution in [0.4, 0.5) is 17.6 Å². The molecule has 1 unspecified atom stereocenters. The number of alkyl halides is 2. The van der Waals surface area contributed by atoms with E-state index in [1.165, 1.54) is 12.5 Å². The minimum Gasteiger partial charge on any atom is -0.352 e. The van der Waals surface area contributed by atoms with Gasteiger partial charge in [-0.2, -0.15) is 0 Å². The lowest BCUT2D eigenvalue weighted by molar-refractivity contribution is -0.148. The third-order valence-corrected chi connectivity index (χ3v) is 7.67. The van der Waals surface area contributed by atoms with Crippen molar-refractivity contribution in [3.63, 3.8) is 0 Å². The third kappa shape index (κ3) is 9.89. The fourth-order valence-electron chi connectivity index (χ4n) is 5.10. The first-order valence-electron chi connectivity index (χ1n) is 14.6. The van der Waals surface area contributed by atoms with Crippen molar-refractivity contribution in [1.82, 2.24) is 25.9 Å². The van der Waals surface area contributed by atoms with Gasteiger partial charge in [-0.15, -0.1) is 0 Å². The number of likely N-dealkylation sites (tertiary alicyclic amines) is 1. The molecule has 0 radical (unpaired) electrons. The normalized spacial score (nSPS) is 17.8.